The Morgan fingerprint density at radius 2 is 1.96 bits per heavy atom. The highest BCUT2D eigenvalue weighted by atomic mass is 35.5. The van der Waals surface area contributed by atoms with Crippen molar-refractivity contribution in [2.24, 2.45) is 0 Å². The highest BCUT2D eigenvalue weighted by Crippen LogP contribution is 2.22. The van der Waals surface area contributed by atoms with Gasteiger partial charge in [-0.05, 0) is 62.5 Å². The summed E-state index contributed by atoms with van der Waals surface area (Å²) in [6.07, 6.45) is 0. The van der Waals surface area contributed by atoms with Gasteiger partial charge in [-0.1, -0.05) is 17.7 Å². The lowest BCUT2D eigenvalue weighted by Gasteiger charge is -2.28. The molecule has 3 aromatic rings. The Morgan fingerprint density at radius 3 is 2.64 bits per heavy atom. The molecule has 0 saturated heterocycles. The fourth-order valence-electron chi connectivity index (χ4n) is 2.56. The number of nitrogens with one attached hydrogen (secondary N) is 1. The first-order valence-corrected chi connectivity index (χ1v) is 9.55. The fourth-order valence-corrected chi connectivity index (χ4v) is 3.08. The highest BCUT2D eigenvalue weighted by molar-refractivity contribution is 7.80. The molecule has 3 rings (SSSR count). The van der Waals surface area contributed by atoms with Gasteiger partial charge >= 0.3 is 0 Å². The molecule has 0 atom stereocenters. The zero-order valence-electron chi connectivity index (χ0n) is 15.8. The molecule has 0 amide bonds. The van der Waals surface area contributed by atoms with Gasteiger partial charge in [0.25, 0.3) is 0 Å². The van der Waals surface area contributed by atoms with Crippen LogP contribution in [0.2, 0.25) is 5.02 Å². The van der Waals surface area contributed by atoms with E-state index in [1.807, 2.05) is 41.3 Å². The Balaban J connectivity index is 1.72. The number of methoxy groups -OCH3 is 1. The molecule has 0 spiro atoms. The Morgan fingerprint density at radius 1 is 1.21 bits per heavy atom. The van der Waals surface area contributed by atoms with Gasteiger partial charge in [0, 0.05) is 28.4 Å². The van der Waals surface area contributed by atoms with Gasteiger partial charge in [-0.3, -0.25) is 0 Å². The van der Waals surface area contributed by atoms with Crippen LogP contribution in [0.1, 0.15) is 19.7 Å². The average molecular weight is 417 g/mol. The molecule has 8 heteroatoms. The van der Waals surface area contributed by atoms with Crippen molar-refractivity contribution in [3.05, 3.63) is 59.4 Å². The summed E-state index contributed by atoms with van der Waals surface area (Å²) in [6.45, 7) is 4.50. The summed E-state index contributed by atoms with van der Waals surface area (Å²) in [6, 6.07) is 15.0. The number of ether oxygens (including phenoxy) is 1. The van der Waals surface area contributed by atoms with Crippen molar-refractivity contribution in [3.8, 4) is 17.2 Å². The van der Waals surface area contributed by atoms with Crippen LogP contribution in [0, 0.1) is 0 Å². The molecule has 0 radical (unpaired) electrons. The maximum Gasteiger partial charge on any atom is 0.247 e. The van der Waals surface area contributed by atoms with E-state index in [0.29, 0.717) is 28.5 Å². The fraction of sp³-hybridized carbons (Fsp3) is 0.250. The average Bonchev–Trinajstić information content (AvgIpc) is 3.15. The van der Waals surface area contributed by atoms with Gasteiger partial charge in [-0.25, -0.2) is 0 Å². The van der Waals surface area contributed by atoms with Crippen LogP contribution in [-0.4, -0.2) is 33.4 Å². The quantitative estimate of drug-likeness (QED) is 0.567. The molecule has 0 aliphatic carbocycles. The summed E-state index contributed by atoms with van der Waals surface area (Å²) in [7, 11) is 1.63. The molecule has 2 aromatic carbocycles. The number of hydrogen-bond acceptors (Lipinski definition) is 5. The molecule has 0 aliphatic heterocycles. The Hall–Kier alpha value is -2.64. The van der Waals surface area contributed by atoms with Gasteiger partial charge in [0.1, 0.15) is 5.75 Å². The first kappa shape index (κ1) is 20.1. The Kier molecular flexibility index (Phi) is 6.49. The molecule has 28 heavy (non-hydrogen) atoms. The summed E-state index contributed by atoms with van der Waals surface area (Å²) in [5.41, 5.74) is 1.67. The molecule has 0 saturated carbocycles. The van der Waals surface area contributed by atoms with Crippen LogP contribution in [-0.2, 0) is 6.54 Å². The van der Waals surface area contributed by atoms with Crippen LogP contribution >= 0.6 is 23.8 Å². The zero-order chi connectivity index (χ0) is 20.1. The number of nitrogens with zero attached hydrogens (tertiary/aromatic N) is 3. The normalized spacial score (nSPS) is 10.8. The summed E-state index contributed by atoms with van der Waals surface area (Å²) >= 11 is 11.5. The van der Waals surface area contributed by atoms with E-state index in [9.17, 15) is 0 Å². The van der Waals surface area contributed by atoms with Crippen molar-refractivity contribution in [2.75, 3.05) is 12.4 Å². The number of anilines is 1. The minimum atomic E-state index is 0.136. The molecule has 0 aliphatic rings. The third-order valence-corrected chi connectivity index (χ3v) is 4.66. The summed E-state index contributed by atoms with van der Waals surface area (Å²) in [4.78, 5) is 1.98. The maximum atomic E-state index is 5.93. The van der Waals surface area contributed by atoms with E-state index in [2.05, 4.69) is 29.4 Å². The smallest absolute Gasteiger partial charge is 0.247 e. The lowest BCUT2D eigenvalue weighted by molar-refractivity contribution is 0.309. The van der Waals surface area contributed by atoms with Gasteiger partial charge in [-0.2, -0.15) is 0 Å². The molecule has 1 aromatic heterocycles. The Bertz CT molecular complexity index is 943. The van der Waals surface area contributed by atoms with E-state index < -0.39 is 0 Å². The largest absolute Gasteiger partial charge is 0.497 e. The van der Waals surface area contributed by atoms with Crippen LogP contribution in [0.4, 0.5) is 5.69 Å². The lowest BCUT2D eigenvalue weighted by atomic mass is 10.2. The molecule has 0 fully saturated rings. The Labute approximate surface area is 174 Å². The van der Waals surface area contributed by atoms with Crippen LogP contribution in [0.3, 0.4) is 0 Å². The third-order valence-electron chi connectivity index (χ3n) is 4.07. The van der Waals surface area contributed by atoms with Crippen molar-refractivity contribution < 1.29 is 9.15 Å². The molecule has 1 N–H and O–H groups in total. The molecule has 146 valence electrons. The second-order valence-electron chi connectivity index (χ2n) is 6.39. The van der Waals surface area contributed by atoms with Crippen LogP contribution in [0.25, 0.3) is 11.5 Å². The summed E-state index contributed by atoms with van der Waals surface area (Å²) in [5.74, 6) is 1.68. The highest BCUT2D eigenvalue weighted by Gasteiger charge is 2.18. The number of rotatable bonds is 6. The molecule has 6 nitrogen and oxygen atoms in total. The van der Waals surface area contributed by atoms with Crippen molar-refractivity contribution in [1.29, 1.82) is 0 Å². The summed E-state index contributed by atoms with van der Waals surface area (Å²) in [5, 5.41) is 12.7. The lowest BCUT2D eigenvalue weighted by Crippen LogP contribution is -2.39. The number of benzene rings is 2. The van der Waals surface area contributed by atoms with Crippen molar-refractivity contribution >= 4 is 34.6 Å². The molecule has 1 heterocycles. The SMILES string of the molecule is COc1cccc(NC(=S)N(Cc2nnc(-c3ccc(Cl)cc3)o2)C(C)C)c1. The van der Waals surface area contributed by atoms with Crippen molar-refractivity contribution in [1.82, 2.24) is 15.1 Å². The third kappa shape index (κ3) is 4.99. The van der Waals surface area contributed by atoms with Crippen molar-refractivity contribution in [2.45, 2.75) is 26.4 Å². The molecule has 0 unspecified atom stereocenters. The standard InChI is InChI=1S/C20H21ClN4O2S/c1-13(2)25(20(28)22-16-5-4-6-17(11-16)26-3)12-18-23-24-19(27-18)14-7-9-15(21)10-8-14/h4-11,13H,12H2,1-3H3,(H,22,28). The first-order valence-electron chi connectivity index (χ1n) is 8.76. The van der Waals surface area contributed by atoms with Crippen molar-refractivity contribution in [3.63, 3.8) is 0 Å². The predicted octanol–water partition coefficient (Wildman–Crippen LogP) is 5.01. The van der Waals surface area contributed by atoms with E-state index >= 15 is 0 Å². The predicted molar refractivity (Wildman–Crippen MR) is 115 cm³/mol. The van der Waals surface area contributed by atoms with Gasteiger partial charge in [0.05, 0.1) is 13.7 Å². The van der Waals surface area contributed by atoms with E-state index in [4.69, 9.17) is 33.0 Å². The van der Waals surface area contributed by atoms with Gasteiger partial charge in [0.2, 0.25) is 11.8 Å². The maximum absolute atomic E-state index is 5.93. The van der Waals surface area contributed by atoms with E-state index in [-0.39, 0.29) is 6.04 Å². The summed E-state index contributed by atoms with van der Waals surface area (Å²) < 4.78 is 11.1. The molecular formula is C20H21ClN4O2S. The van der Waals surface area contributed by atoms with E-state index in [0.717, 1.165) is 17.0 Å². The minimum Gasteiger partial charge on any atom is -0.497 e. The first-order chi connectivity index (χ1) is 13.5. The van der Waals surface area contributed by atoms with E-state index in [1.165, 1.54) is 0 Å². The second kappa shape index (κ2) is 9.03. The van der Waals surface area contributed by atoms with E-state index in [1.54, 1.807) is 19.2 Å². The topological polar surface area (TPSA) is 63.4 Å². The van der Waals surface area contributed by atoms with Gasteiger partial charge < -0.3 is 19.4 Å². The molecule has 0 bridgehead atoms. The minimum absolute atomic E-state index is 0.136. The monoisotopic (exact) mass is 416 g/mol. The van der Waals surface area contributed by atoms with Gasteiger partial charge in [0.15, 0.2) is 5.11 Å². The number of aromatic nitrogens is 2. The second-order valence-corrected chi connectivity index (χ2v) is 7.21. The van der Waals surface area contributed by atoms with Crippen LogP contribution < -0.4 is 10.1 Å². The number of thiocarbonyl (C=S) groups is 1. The van der Waals surface area contributed by atoms with Crippen LogP contribution in [0.5, 0.6) is 5.75 Å². The number of hydrogen-bond donors (Lipinski definition) is 1. The number of halogens is 1. The molecular weight excluding hydrogens is 396 g/mol. The van der Waals surface area contributed by atoms with Gasteiger partial charge in [-0.15, -0.1) is 10.2 Å². The zero-order valence-corrected chi connectivity index (χ0v) is 17.4. The van der Waals surface area contributed by atoms with Crippen LogP contribution in [0.15, 0.2) is 52.9 Å².